The lowest BCUT2D eigenvalue weighted by molar-refractivity contribution is 0.0981. The topological polar surface area (TPSA) is 90.3 Å². The number of hydrogen-bond donors (Lipinski definition) is 1. The summed E-state index contributed by atoms with van der Waals surface area (Å²) in [6.07, 6.45) is 0. The van der Waals surface area contributed by atoms with Gasteiger partial charge in [-0.25, -0.2) is 17.8 Å². The predicted octanol–water partition coefficient (Wildman–Crippen LogP) is 3.61. The van der Waals surface area contributed by atoms with Gasteiger partial charge in [0.15, 0.2) is 0 Å². The van der Waals surface area contributed by atoms with Crippen molar-refractivity contribution in [3.63, 3.8) is 0 Å². The second-order valence-corrected chi connectivity index (χ2v) is 8.23. The van der Waals surface area contributed by atoms with Gasteiger partial charge in [0.05, 0.1) is 23.4 Å². The number of amides is 1. The lowest BCUT2D eigenvalue weighted by atomic mass is 10.2. The van der Waals surface area contributed by atoms with Crippen LogP contribution in [-0.2, 0) is 10.0 Å². The van der Waals surface area contributed by atoms with Crippen molar-refractivity contribution in [3.8, 4) is 11.4 Å². The second kappa shape index (κ2) is 7.83. The number of benzene rings is 2. The van der Waals surface area contributed by atoms with E-state index in [0.29, 0.717) is 16.5 Å². The largest absolute Gasteiger partial charge is 0.497 e. The van der Waals surface area contributed by atoms with E-state index in [0.717, 1.165) is 0 Å². The Kier molecular flexibility index (Phi) is 5.64. The Bertz CT molecular complexity index is 1120. The summed E-state index contributed by atoms with van der Waals surface area (Å²) in [6.45, 7) is 1.56. The Morgan fingerprint density at radius 3 is 2.25 bits per heavy atom. The molecule has 3 aromatic rings. The minimum atomic E-state index is -4.10. The lowest BCUT2D eigenvalue weighted by Crippen LogP contribution is -2.31. The maximum atomic E-state index is 12.6. The van der Waals surface area contributed by atoms with E-state index >= 15 is 0 Å². The smallest absolute Gasteiger partial charge is 0.270 e. The van der Waals surface area contributed by atoms with Gasteiger partial charge in [-0.05, 0) is 55.5 Å². The summed E-state index contributed by atoms with van der Waals surface area (Å²) in [5.74, 6) is -0.382. The Balaban J connectivity index is 1.91. The first kappa shape index (κ1) is 20.2. The van der Waals surface area contributed by atoms with Crippen molar-refractivity contribution in [2.75, 3.05) is 7.11 Å². The fraction of sp³-hybridized carbons (Fsp3) is 0.111. The molecule has 1 amide bonds. The SMILES string of the molecule is COc1ccc(S(=O)(=O)NC(=O)c2c(C)nn(-c3ccc(Cl)cc3)c2Cl)cc1. The fourth-order valence-electron chi connectivity index (χ4n) is 2.50. The van der Waals surface area contributed by atoms with E-state index in [-0.39, 0.29) is 21.3 Å². The molecule has 0 atom stereocenters. The van der Waals surface area contributed by atoms with E-state index < -0.39 is 15.9 Å². The van der Waals surface area contributed by atoms with Gasteiger partial charge in [-0.2, -0.15) is 5.10 Å². The summed E-state index contributed by atoms with van der Waals surface area (Å²) in [5.41, 5.74) is 0.825. The number of hydrogen-bond acceptors (Lipinski definition) is 5. The third-order valence-corrected chi connectivity index (χ3v) is 5.85. The first-order valence-corrected chi connectivity index (χ1v) is 10.2. The van der Waals surface area contributed by atoms with E-state index in [1.807, 2.05) is 4.72 Å². The molecule has 1 N–H and O–H groups in total. The molecule has 0 saturated carbocycles. The number of carbonyl (C=O) groups is 1. The van der Waals surface area contributed by atoms with Crippen molar-refractivity contribution in [3.05, 3.63) is 70.0 Å². The number of nitrogens with zero attached hydrogens (tertiary/aromatic N) is 2. The molecule has 7 nitrogen and oxygen atoms in total. The van der Waals surface area contributed by atoms with Crippen molar-refractivity contribution < 1.29 is 17.9 Å². The average molecular weight is 440 g/mol. The number of nitrogens with one attached hydrogen (secondary N) is 1. The number of halogens is 2. The molecule has 1 aromatic heterocycles. The molecular formula is C18H15Cl2N3O4S. The molecule has 0 fully saturated rings. The highest BCUT2D eigenvalue weighted by Gasteiger charge is 2.25. The highest BCUT2D eigenvalue weighted by atomic mass is 35.5. The zero-order valence-corrected chi connectivity index (χ0v) is 17.1. The highest BCUT2D eigenvalue weighted by Crippen LogP contribution is 2.25. The van der Waals surface area contributed by atoms with Crippen LogP contribution in [0.2, 0.25) is 10.2 Å². The second-order valence-electron chi connectivity index (χ2n) is 5.75. The zero-order chi connectivity index (χ0) is 20.5. The first-order valence-electron chi connectivity index (χ1n) is 7.95. The molecule has 0 aliphatic rings. The summed E-state index contributed by atoms with van der Waals surface area (Å²) < 4.78 is 33.3. The summed E-state index contributed by atoms with van der Waals surface area (Å²) in [4.78, 5) is 12.5. The number of methoxy groups -OCH3 is 1. The molecule has 2 aromatic carbocycles. The molecule has 146 valence electrons. The van der Waals surface area contributed by atoms with Crippen molar-refractivity contribution in [2.24, 2.45) is 0 Å². The monoisotopic (exact) mass is 439 g/mol. The van der Waals surface area contributed by atoms with Gasteiger partial charge in [-0.3, -0.25) is 4.79 Å². The minimum Gasteiger partial charge on any atom is -0.497 e. The molecular weight excluding hydrogens is 425 g/mol. The van der Waals surface area contributed by atoms with Gasteiger partial charge >= 0.3 is 0 Å². The quantitative estimate of drug-likeness (QED) is 0.655. The maximum absolute atomic E-state index is 12.6. The first-order chi connectivity index (χ1) is 13.2. The lowest BCUT2D eigenvalue weighted by Gasteiger charge is -2.08. The van der Waals surface area contributed by atoms with Crippen LogP contribution in [0.15, 0.2) is 53.4 Å². The molecule has 1 heterocycles. The molecule has 10 heteroatoms. The normalized spacial score (nSPS) is 11.3. The molecule has 0 aliphatic heterocycles. The van der Waals surface area contributed by atoms with E-state index in [9.17, 15) is 13.2 Å². The molecule has 0 spiro atoms. The van der Waals surface area contributed by atoms with Crippen LogP contribution in [0.4, 0.5) is 0 Å². The van der Waals surface area contributed by atoms with E-state index in [1.165, 1.54) is 36.1 Å². The predicted molar refractivity (Wildman–Crippen MR) is 106 cm³/mol. The zero-order valence-electron chi connectivity index (χ0n) is 14.8. The van der Waals surface area contributed by atoms with E-state index in [1.54, 1.807) is 31.2 Å². The number of carbonyl (C=O) groups excluding carboxylic acids is 1. The third kappa shape index (κ3) is 3.99. The fourth-order valence-corrected chi connectivity index (χ4v) is 3.94. The summed E-state index contributed by atoms with van der Waals surface area (Å²) in [7, 11) is -2.63. The van der Waals surface area contributed by atoms with Crippen LogP contribution >= 0.6 is 23.2 Å². The molecule has 0 saturated heterocycles. The number of sulfonamides is 1. The van der Waals surface area contributed by atoms with E-state index in [2.05, 4.69) is 5.10 Å². The van der Waals surface area contributed by atoms with Gasteiger partial charge in [0, 0.05) is 5.02 Å². The number of aryl methyl sites for hydroxylation is 1. The summed E-state index contributed by atoms with van der Waals surface area (Å²) in [6, 6.07) is 12.3. The van der Waals surface area contributed by atoms with Gasteiger partial charge in [-0.1, -0.05) is 23.2 Å². The Morgan fingerprint density at radius 2 is 1.68 bits per heavy atom. The molecule has 28 heavy (non-hydrogen) atoms. The van der Waals surface area contributed by atoms with Gasteiger partial charge in [0.25, 0.3) is 15.9 Å². The molecule has 0 aliphatic carbocycles. The minimum absolute atomic E-state index is 0.0118. The maximum Gasteiger partial charge on any atom is 0.270 e. The molecule has 0 unspecified atom stereocenters. The Morgan fingerprint density at radius 1 is 1.07 bits per heavy atom. The van der Waals surface area contributed by atoms with Gasteiger partial charge in [0.2, 0.25) is 0 Å². The van der Waals surface area contributed by atoms with Crippen molar-refractivity contribution in [1.29, 1.82) is 0 Å². The molecule has 0 radical (unpaired) electrons. The van der Waals surface area contributed by atoms with Crippen LogP contribution in [0.3, 0.4) is 0 Å². The summed E-state index contributed by atoms with van der Waals surface area (Å²) in [5, 5.41) is 4.75. The van der Waals surface area contributed by atoms with Gasteiger partial charge in [-0.15, -0.1) is 0 Å². The van der Waals surface area contributed by atoms with E-state index in [4.69, 9.17) is 27.9 Å². The molecule has 3 rings (SSSR count). The summed E-state index contributed by atoms with van der Waals surface area (Å²) >= 11 is 12.2. The number of ether oxygens (including phenoxy) is 1. The Labute approximate surface area is 171 Å². The molecule has 0 bridgehead atoms. The van der Waals surface area contributed by atoms with Crippen LogP contribution in [0.1, 0.15) is 16.1 Å². The van der Waals surface area contributed by atoms with Crippen molar-refractivity contribution in [2.45, 2.75) is 11.8 Å². The highest BCUT2D eigenvalue weighted by molar-refractivity contribution is 7.90. The number of rotatable bonds is 5. The van der Waals surface area contributed by atoms with Crippen LogP contribution in [0.5, 0.6) is 5.75 Å². The van der Waals surface area contributed by atoms with Crippen molar-refractivity contribution >= 4 is 39.1 Å². The van der Waals surface area contributed by atoms with Crippen LogP contribution in [0.25, 0.3) is 5.69 Å². The number of aromatic nitrogens is 2. The van der Waals surface area contributed by atoms with Crippen LogP contribution < -0.4 is 9.46 Å². The Hall–Kier alpha value is -2.55. The van der Waals surface area contributed by atoms with Gasteiger partial charge in [0.1, 0.15) is 16.5 Å². The standard InChI is InChI=1S/C18H15Cl2N3O4S/c1-11-16(17(20)23(21-11)13-5-3-12(19)4-6-13)18(24)22-28(25,26)15-9-7-14(27-2)8-10-15/h3-10H,1-2H3,(H,22,24). The van der Waals surface area contributed by atoms with Gasteiger partial charge < -0.3 is 4.74 Å². The third-order valence-electron chi connectivity index (χ3n) is 3.90. The van der Waals surface area contributed by atoms with Crippen molar-refractivity contribution in [1.82, 2.24) is 14.5 Å². The van der Waals surface area contributed by atoms with Crippen LogP contribution in [-0.4, -0.2) is 31.2 Å². The average Bonchev–Trinajstić information content (AvgIpc) is 2.96. The van der Waals surface area contributed by atoms with Crippen LogP contribution in [0, 0.1) is 6.92 Å².